The maximum Gasteiger partial charge on any atom is 0.164 e. The molecule has 1 fully saturated rings. The van der Waals surface area contributed by atoms with Gasteiger partial charge in [0.15, 0.2) is 5.78 Å². The molecule has 1 aromatic carbocycles. The van der Waals surface area contributed by atoms with Crippen molar-refractivity contribution < 1.29 is 9.53 Å². The summed E-state index contributed by atoms with van der Waals surface area (Å²) in [6.45, 7) is 3.15. The number of benzene rings is 1. The topological polar surface area (TPSA) is 29.5 Å². The SMILES string of the molecule is COc1ccc(C(=O)CCN2CCCC2)cc1Br. The Labute approximate surface area is 116 Å². The molecule has 4 heteroatoms. The van der Waals surface area contributed by atoms with Gasteiger partial charge in [0.2, 0.25) is 0 Å². The monoisotopic (exact) mass is 311 g/mol. The fourth-order valence-electron chi connectivity index (χ4n) is 2.25. The highest BCUT2D eigenvalue weighted by atomic mass is 79.9. The van der Waals surface area contributed by atoms with Gasteiger partial charge in [-0.15, -0.1) is 0 Å². The Balaban J connectivity index is 1.93. The predicted octanol–water partition coefficient (Wildman–Crippen LogP) is 3.13. The lowest BCUT2D eigenvalue weighted by Gasteiger charge is -2.13. The van der Waals surface area contributed by atoms with Gasteiger partial charge in [0.05, 0.1) is 11.6 Å². The molecule has 2 rings (SSSR count). The summed E-state index contributed by atoms with van der Waals surface area (Å²) in [4.78, 5) is 14.4. The summed E-state index contributed by atoms with van der Waals surface area (Å²) >= 11 is 3.41. The largest absolute Gasteiger partial charge is 0.496 e. The third-order valence-corrected chi connectivity index (χ3v) is 3.95. The first-order chi connectivity index (χ1) is 8.70. The molecule has 0 aliphatic carbocycles. The van der Waals surface area contributed by atoms with Crippen molar-refractivity contribution in [3.63, 3.8) is 0 Å². The molecule has 0 aromatic heterocycles. The van der Waals surface area contributed by atoms with E-state index in [1.54, 1.807) is 7.11 Å². The fourth-order valence-corrected chi connectivity index (χ4v) is 2.79. The highest BCUT2D eigenvalue weighted by Crippen LogP contribution is 2.26. The number of methoxy groups -OCH3 is 1. The Kier molecular flexibility index (Phi) is 4.78. The maximum absolute atomic E-state index is 12.1. The summed E-state index contributed by atoms with van der Waals surface area (Å²) in [5.41, 5.74) is 0.752. The second-order valence-electron chi connectivity index (χ2n) is 4.57. The Morgan fingerprint density at radius 3 is 2.72 bits per heavy atom. The van der Waals surface area contributed by atoms with Crippen LogP contribution in [0.5, 0.6) is 5.75 Å². The summed E-state index contributed by atoms with van der Waals surface area (Å²) in [5, 5.41) is 0. The normalized spacial score (nSPS) is 15.9. The molecular weight excluding hydrogens is 294 g/mol. The van der Waals surface area contributed by atoms with Crippen LogP contribution in [0.1, 0.15) is 29.6 Å². The fraction of sp³-hybridized carbons (Fsp3) is 0.500. The minimum atomic E-state index is 0.199. The number of likely N-dealkylation sites (tertiary alicyclic amines) is 1. The molecule has 0 saturated carbocycles. The van der Waals surface area contributed by atoms with Gasteiger partial charge in [0.1, 0.15) is 5.75 Å². The van der Waals surface area contributed by atoms with E-state index in [1.165, 1.54) is 12.8 Å². The second kappa shape index (κ2) is 6.34. The van der Waals surface area contributed by atoms with E-state index >= 15 is 0 Å². The quantitative estimate of drug-likeness (QED) is 0.782. The van der Waals surface area contributed by atoms with E-state index < -0.39 is 0 Å². The minimum absolute atomic E-state index is 0.199. The van der Waals surface area contributed by atoms with Crippen LogP contribution in [0, 0.1) is 0 Å². The second-order valence-corrected chi connectivity index (χ2v) is 5.43. The number of carbonyl (C=O) groups is 1. The molecule has 3 nitrogen and oxygen atoms in total. The van der Waals surface area contributed by atoms with E-state index in [1.807, 2.05) is 18.2 Å². The van der Waals surface area contributed by atoms with E-state index in [0.717, 1.165) is 35.4 Å². The first-order valence-electron chi connectivity index (χ1n) is 6.30. The van der Waals surface area contributed by atoms with Gasteiger partial charge in [0, 0.05) is 18.5 Å². The van der Waals surface area contributed by atoms with E-state index in [9.17, 15) is 4.79 Å². The molecule has 0 radical (unpaired) electrons. The van der Waals surface area contributed by atoms with E-state index in [2.05, 4.69) is 20.8 Å². The Morgan fingerprint density at radius 2 is 2.11 bits per heavy atom. The predicted molar refractivity (Wildman–Crippen MR) is 75.3 cm³/mol. The van der Waals surface area contributed by atoms with Crippen molar-refractivity contribution in [2.24, 2.45) is 0 Å². The molecule has 18 heavy (non-hydrogen) atoms. The standard InChI is InChI=1S/C14H18BrNO2/c1-18-14-5-4-11(10-12(14)15)13(17)6-9-16-7-2-3-8-16/h4-5,10H,2-3,6-9H2,1H3. The maximum atomic E-state index is 12.1. The van der Waals surface area contributed by atoms with Crippen LogP contribution >= 0.6 is 15.9 Å². The van der Waals surface area contributed by atoms with E-state index in [-0.39, 0.29) is 5.78 Å². The number of hydrogen-bond donors (Lipinski definition) is 0. The molecule has 98 valence electrons. The Morgan fingerprint density at radius 1 is 1.39 bits per heavy atom. The van der Waals surface area contributed by atoms with E-state index in [4.69, 9.17) is 4.74 Å². The zero-order valence-electron chi connectivity index (χ0n) is 10.6. The molecule has 0 unspecified atom stereocenters. The van der Waals surface area contributed by atoms with Crippen LogP contribution in [-0.2, 0) is 0 Å². The number of Topliss-reactive ketones (excluding diaryl/α,β-unsaturated/α-hetero) is 1. The van der Waals surface area contributed by atoms with Crippen molar-refractivity contribution in [1.82, 2.24) is 4.90 Å². The molecule has 1 aliphatic heterocycles. The van der Waals surface area contributed by atoms with Crippen LogP contribution in [0.3, 0.4) is 0 Å². The number of ether oxygens (including phenoxy) is 1. The van der Waals surface area contributed by atoms with Crippen LogP contribution in [0.15, 0.2) is 22.7 Å². The number of ketones is 1. The summed E-state index contributed by atoms with van der Waals surface area (Å²) in [6, 6.07) is 5.49. The molecule has 0 N–H and O–H groups in total. The first-order valence-corrected chi connectivity index (χ1v) is 7.09. The average molecular weight is 312 g/mol. The van der Waals surface area contributed by atoms with Gasteiger partial charge >= 0.3 is 0 Å². The molecule has 1 saturated heterocycles. The molecule has 0 atom stereocenters. The summed E-state index contributed by atoms with van der Waals surface area (Å²) < 4.78 is 5.99. The Hall–Kier alpha value is -0.870. The molecule has 0 amide bonds. The van der Waals surface area contributed by atoms with Crippen molar-refractivity contribution in [2.75, 3.05) is 26.7 Å². The number of halogens is 1. The number of hydrogen-bond acceptors (Lipinski definition) is 3. The molecule has 0 spiro atoms. The smallest absolute Gasteiger partial charge is 0.164 e. The van der Waals surface area contributed by atoms with Gasteiger partial charge in [-0.1, -0.05) is 0 Å². The van der Waals surface area contributed by atoms with E-state index in [0.29, 0.717) is 6.42 Å². The van der Waals surface area contributed by atoms with Gasteiger partial charge in [-0.05, 0) is 60.1 Å². The van der Waals surface area contributed by atoms with Gasteiger partial charge < -0.3 is 9.64 Å². The van der Waals surface area contributed by atoms with Gasteiger partial charge in [-0.3, -0.25) is 4.79 Å². The molecule has 1 heterocycles. The lowest BCUT2D eigenvalue weighted by Crippen LogP contribution is -2.22. The van der Waals surface area contributed by atoms with Crippen LogP contribution < -0.4 is 4.74 Å². The zero-order chi connectivity index (χ0) is 13.0. The molecular formula is C14H18BrNO2. The Bertz CT molecular complexity index is 428. The highest BCUT2D eigenvalue weighted by molar-refractivity contribution is 9.10. The highest BCUT2D eigenvalue weighted by Gasteiger charge is 2.14. The third-order valence-electron chi connectivity index (χ3n) is 3.33. The van der Waals surface area contributed by atoms with Crippen molar-refractivity contribution in [3.05, 3.63) is 28.2 Å². The van der Waals surface area contributed by atoms with Crippen LogP contribution in [0.2, 0.25) is 0 Å². The molecule has 0 bridgehead atoms. The third kappa shape index (κ3) is 3.33. The summed E-state index contributed by atoms with van der Waals surface area (Å²) in [7, 11) is 1.62. The van der Waals surface area contributed by atoms with Crippen LogP contribution in [0.25, 0.3) is 0 Å². The van der Waals surface area contributed by atoms with Gasteiger partial charge in [-0.2, -0.15) is 0 Å². The minimum Gasteiger partial charge on any atom is -0.496 e. The average Bonchev–Trinajstić information content (AvgIpc) is 2.89. The number of rotatable bonds is 5. The number of nitrogens with zero attached hydrogens (tertiary/aromatic N) is 1. The van der Waals surface area contributed by atoms with Crippen LogP contribution in [-0.4, -0.2) is 37.4 Å². The van der Waals surface area contributed by atoms with Crippen molar-refractivity contribution in [2.45, 2.75) is 19.3 Å². The summed E-state index contributed by atoms with van der Waals surface area (Å²) in [6.07, 6.45) is 3.13. The van der Waals surface area contributed by atoms with Gasteiger partial charge in [-0.25, -0.2) is 0 Å². The first kappa shape index (κ1) is 13.6. The zero-order valence-corrected chi connectivity index (χ0v) is 12.2. The van der Waals surface area contributed by atoms with Crippen LogP contribution in [0.4, 0.5) is 0 Å². The van der Waals surface area contributed by atoms with Gasteiger partial charge in [0.25, 0.3) is 0 Å². The van der Waals surface area contributed by atoms with Crippen molar-refractivity contribution in [1.29, 1.82) is 0 Å². The molecule has 1 aliphatic rings. The molecule has 1 aromatic rings. The lowest BCUT2D eigenvalue weighted by molar-refractivity contribution is 0.0969. The van der Waals surface area contributed by atoms with Crippen molar-refractivity contribution in [3.8, 4) is 5.75 Å². The lowest BCUT2D eigenvalue weighted by atomic mass is 10.1. The summed E-state index contributed by atoms with van der Waals surface area (Å²) in [5.74, 6) is 0.955. The van der Waals surface area contributed by atoms with Crippen molar-refractivity contribution >= 4 is 21.7 Å². The number of carbonyl (C=O) groups excluding carboxylic acids is 1.